The van der Waals surface area contributed by atoms with Crippen LogP contribution in [0.2, 0.25) is 0 Å². The Kier molecular flexibility index (Phi) is 8.02. The van der Waals surface area contributed by atoms with Crippen LogP contribution in [0, 0.1) is 11.3 Å². The molecule has 0 spiro atoms. The molecule has 1 N–H and O–H groups in total. The van der Waals surface area contributed by atoms with E-state index in [0.29, 0.717) is 36.2 Å². The molecule has 2 aromatic carbocycles. The quantitative estimate of drug-likeness (QED) is 0.204. The maximum atomic E-state index is 13.2. The van der Waals surface area contributed by atoms with Crippen molar-refractivity contribution >= 4 is 51.2 Å². The van der Waals surface area contributed by atoms with Crippen molar-refractivity contribution < 1.29 is 18.3 Å². The molecule has 200 valence electrons. The first-order valence-corrected chi connectivity index (χ1v) is 13.9. The number of halogens is 3. The van der Waals surface area contributed by atoms with Crippen LogP contribution in [0.4, 0.5) is 20.4 Å². The average molecular weight is 625 g/mol. The molecule has 0 unspecified atom stereocenters. The standard InChI is InChI=1S/C28H35F2IN4O2/c1-6-34(7-2)25(36)19-8-13-23-24(15-19)35(21-14-18(3)16-27(4,5)17-21)26(33-23)32-20-9-11-22(12-10-20)37-28(29,30)31/h8-13,15,18,21H,6-7,14,16-17H2,1-5H3,(H,32,33)/t18-,21+/m1/s1. The third-order valence-electron chi connectivity index (χ3n) is 7.06. The second-order valence-corrected chi connectivity index (χ2v) is 12.0. The Balaban J connectivity index is 1.76. The summed E-state index contributed by atoms with van der Waals surface area (Å²) in [7, 11) is 0. The molecule has 1 aromatic heterocycles. The number of nitrogens with one attached hydrogen (secondary N) is 1. The van der Waals surface area contributed by atoms with Crippen LogP contribution in [-0.4, -0.2) is 37.6 Å². The highest BCUT2D eigenvalue weighted by atomic mass is 127. The fourth-order valence-corrected chi connectivity index (χ4v) is 5.99. The maximum absolute atomic E-state index is 13.2. The number of carbonyl (C=O) groups is 1. The maximum Gasteiger partial charge on any atom is 0.451 e. The summed E-state index contributed by atoms with van der Waals surface area (Å²) < 4.78 is 30.0. The molecule has 3 aromatic rings. The summed E-state index contributed by atoms with van der Waals surface area (Å²) in [4.78, 5) is 19.9. The average Bonchev–Trinajstić information content (AvgIpc) is 3.15. The summed E-state index contributed by atoms with van der Waals surface area (Å²) in [5.74, 6) is 1.31. The van der Waals surface area contributed by atoms with E-state index in [1.807, 2.05) is 36.9 Å². The van der Waals surface area contributed by atoms with E-state index < -0.39 is 4.12 Å². The Hall–Kier alpha value is -2.43. The van der Waals surface area contributed by atoms with Gasteiger partial charge < -0.3 is 19.5 Å². The molecule has 0 saturated heterocycles. The van der Waals surface area contributed by atoms with Gasteiger partial charge in [0.15, 0.2) is 0 Å². The zero-order valence-electron chi connectivity index (χ0n) is 22.0. The number of carbonyl (C=O) groups excluding carboxylic acids is 1. The van der Waals surface area contributed by atoms with E-state index in [9.17, 15) is 13.6 Å². The van der Waals surface area contributed by atoms with Crippen molar-refractivity contribution in [3.63, 3.8) is 0 Å². The van der Waals surface area contributed by atoms with E-state index in [1.165, 1.54) is 12.1 Å². The van der Waals surface area contributed by atoms with Crippen molar-refractivity contribution in [1.82, 2.24) is 14.5 Å². The number of ether oxygens (including phenoxy) is 1. The summed E-state index contributed by atoms with van der Waals surface area (Å²) in [6.45, 7) is 12.2. The molecule has 1 fully saturated rings. The first-order chi connectivity index (χ1) is 17.4. The third kappa shape index (κ3) is 6.53. The molecule has 2 atom stereocenters. The molecule has 6 nitrogen and oxygen atoms in total. The molecule has 37 heavy (non-hydrogen) atoms. The normalized spacial score (nSPS) is 19.6. The van der Waals surface area contributed by atoms with E-state index in [2.05, 4.69) is 35.4 Å². The summed E-state index contributed by atoms with van der Waals surface area (Å²) >= 11 is 0.953. The smallest absolute Gasteiger partial charge is 0.425 e. The largest absolute Gasteiger partial charge is 0.451 e. The fourth-order valence-electron chi connectivity index (χ4n) is 5.74. The monoisotopic (exact) mass is 624 g/mol. The zero-order valence-corrected chi connectivity index (χ0v) is 24.2. The van der Waals surface area contributed by atoms with Gasteiger partial charge in [-0.1, -0.05) is 20.8 Å². The fraction of sp³-hybridized carbons (Fsp3) is 0.500. The van der Waals surface area contributed by atoms with E-state index in [-0.39, 0.29) is 23.1 Å². The number of amides is 1. The lowest BCUT2D eigenvalue weighted by atomic mass is 9.70. The molecule has 9 heteroatoms. The van der Waals surface area contributed by atoms with Crippen molar-refractivity contribution in [2.75, 3.05) is 18.4 Å². The predicted octanol–water partition coefficient (Wildman–Crippen LogP) is 8.01. The Morgan fingerprint density at radius 3 is 2.46 bits per heavy atom. The lowest BCUT2D eigenvalue weighted by Gasteiger charge is -2.40. The highest BCUT2D eigenvalue weighted by molar-refractivity contribution is 14.1. The van der Waals surface area contributed by atoms with E-state index in [4.69, 9.17) is 4.98 Å². The van der Waals surface area contributed by atoms with Gasteiger partial charge in [0.25, 0.3) is 5.91 Å². The third-order valence-corrected chi connectivity index (χ3v) is 7.28. The number of benzene rings is 2. The topological polar surface area (TPSA) is 59.4 Å². The number of aromatic nitrogens is 2. The summed E-state index contributed by atoms with van der Waals surface area (Å²) in [5, 5.41) is 3.40. The minimum Gasteiger partial charge on any atom is -0.425 e. The van der Waals surface area contributed by atoms with Crippen LogP contribution in [0.25, 0.3) is 11.0 Å². The van der Waals surface area contributed by atoms with Crippen LogP contribution in [0.1, 0.15) is 70.3 Å². The number of hydrogen-bond acceptors (Lipinski definition) is 4. The van der Waals surface area contributed by atoms with E-state index >= 15 is 0 Å². The molecule has 0 bridgehead atoms. The van der Waals surface area contributed by atoms with Crippen molar-refractivity contribution in [2.45, 2.75) is 64.0 Å². The van der Waals surface area contributed by atoms with E-state index in [0.717, 1.165) is 52.9 Å². The molecule has 4 rings (SSSR count). The van der Waals surface area contributed by atoms with Crippen molar-refractivity contribution in [3.05, 3.63) is 48.0 Å². The molecule has 1 aliphatic carbocycles. The number of fused-ring (bicyclic) bond motifs is 1. The van der Waals surface area contributed by atoms with E-state index in [1.54, 1.807) is 12.1 Å². The van der Waals surface area contributed by atoms with Crippen LogP contribution in [-0.2, 0) is 0 Å². The number of nitrogens with zero attached hydrogens (tertiary/aromatic N) is 3. The van der Waals surface area contributed by atoms with Crippen molar-refractivity contribution in [3.8, 4) is 5.75 Å². The molecular weight excluding hydrogens is 589 g/mol. The van der Waals surface area contributed by atoms with Gasteiger partial charge in [0.05, 0.1) is 33.6 Å². The van der Waals surface area contributed by atoms with Gasteiger partial charge in [-0.2, -0.15) is 8.78 Å². The van der Waals surface area contributed by atoms with Gasteiger partial charge in [0.2, 0.25) is 5.95 Å². The SMILES string of the molecule is CCN(CC)C(=O)c1ccc2nc(Nc3ccc(OC(F)(F)I)cc3)n([C@H]3C[C@@H](C)CC(C)(C)C3)c2c1. The molecule has 0 radical (unpaired) electrons. The minimum atomic E-state index is -3.27. The van der Waals surface area contributed by atoms with Gasteiger partial charge in [0, 0.05) is 30.4 Å². The van der Waals surface area contributed by atoms with Crippen LogP contribution in [0.3, 0.4) is 0 Å². The van der Waals surface area contributed by atoms with Gasteiger partial charge in [-0.05, 0) is 86.9 Å². The molecule has 0 aliphatic heterocycles. The second kappa shape index (κ2) is 10.7. The molecule has 1 amide bonds. The molecule has 1 aliphatic rings. The lowest BCUT2D eigenvalue weighted by Crippen LogP contribution is -2.31. The Morgan fingerprint density at radius 2 is 1.86 bits per heavy atom. The number of hydrogen-bond donors (Lipinski definition) is 1. The first kappa shape index (κ1) is 27.6. The van der Waals surface area contributed by atoms with Gasteiger partial charge >= 0.3 is 4.12 Å². The molecule has 1 heterocycles. The first-order valence-electron chi connectivity index (χ1n) is 12.8. The van der Waals surface area contributed by atoms with Gasteiger partial charge in [0.1, 0.15) is 5.75 Å². The Bertz CT molecular complexity index is 1250. The second-order valence-electron chi connectivity index (χ2n) is 10.8. The van der Waals surface area contributed by atoms with Crippen LogP contribution >= 0.6 is 22.6 Å². The summed E-state index contributed by atoms with van der Waals surface area (Å²) in [5.41, 5.74) is 3.25. The van der Waals surface area contributed by atoms with Gasteiger partial charge in [-0.3, -0.25) is 4.79 Å². The van der Waals surface area contributed by atoms with Crippen molar-refractivity contribution in [2.24, 2.45) is 11.3 Å². The van der Waals surface area contributed by atoms with Gasteiger partial charge in [-0.25, -0.2) is 4.98 Å². The highest BCUT2D eigenvalue weighted by Crippen LogP contribution is 2.46. The van der Waals surface area contributed by atoms with Crippen LogP contribution < -0.4 is 10.1 Å². The van der Waals surface area contributed by atoms with Gasteiger partial charge in [-0.15, -0.1) is 0 Å². The zero-order chi connectivity index (χ0) is 27.0. The number of anilines is 2. The predicted molar refractivity (Wildman–Crippen MR) is 152 cm³/mol. The van der Waals surface area contributed by atoms with Crippen LogP contribution in [0.15, 0.2) is 42.5 Å². The van der Waals surface area contributed by atoms with Crippen molar-refractivity contribution in [1.29, 1.82) is 0 Å². The molecule has 1 saturated carbocycles. The molecular formula is C28H35F2IN4O2. The van der Waals surface area contributed by atoms with Crippen LogP contribution in [0.5, 0.6) is 5.75 Å². The summed E-state index contributed by atoms with van der Waals surface area (Å²) in [6, 6.07) is 12.3. The minimum absolute atomic E-state index is 0.00848. The number of imidazole rings is 1. The Morgan fingerprint density at radius 1 is 1.19 bits per heavy atom. The Labute approximate surface area is 230 Å². The number of rotatable bonds is 8. The lowest BCUT2D eigenvalue weighted by molar-refractivity contribution is -0.0691. The summed E-state index contributed by atoms with van der Waals surface area (Å²) in [6.07, 6.45) is 3.16. The highest BCUT2D eigenvalue weighted by Gasteiger charge is 2.35. The number of alkyl halides is 3.